The van der Waals surface area contributed by atoms with Crippen molar-refractivity contribution in [3.63, 3.8) is 0 Å². The number of aromatic nitrogens is 3. The van der Waals surface area contributed by atoms with E-state index >= 15 is 0 Å². The number of ether oxygens (including phenoxy) is 1. The number of carbonyl (C=O) groups is 1. The van der Waals surface area contributed by atoms with Crippen molar-refractivity contribution in [3.05, 3.63) is 42.2 Å². The average molecular weight is 379 g/mol. The van der Waals surface area contributed by atoms with E-state index in [4.69, 9.17) is 4.74 Å². The van der Waals surface area contributed by atoms with Crippen LogP contribution in [0, 0.1) is 0 Å². The topological polar surface area (TPSA) is 115 Å². The molecule has 140 valence electrons. The summed E-state index contributed by atoms with van der Waals surface area (Å²) in [5.74, 6) is -0.187. The number of methoxy groups -OCH3 is 1. The van der Waals surface area contributed by atoms with Crippen LogP contribution in [0.1, 0.15) is 18.5 Å². The molecule has 1 saturated heterocycles. The van der Waals surface area contributed by atoms with Crippen molar-refractivity contribution < 1.29 is 17.9 Å². The molecule has 2 amide bonds. The highest BCUT2D eigenvalue weighted by atomic mass is 32.2. The van der Waals surface area contributed by atoms with Crippen LogP contribution in [0.2, 0.25) is 0 Å². The Bertz CT molecular complexity index is 851. The second-order valence-electron chi connectivity index (χ2n) is 6.24. The van der Waals surface area contributed by atoms with E-state index in [0.29, 0.717) is 0 Å². The van der Waals surface area contributed by atoms with Crippen LogP contribution in [0.25, 0.3) is 5.69 Å². The molecular formula is C16H21N5O4S. The number of sulfone groups is 1. The minimum absolute atomic E-state index is 0.0756. The predicted octanol–water partition coefficient (Wildman–Crippen LogP) is 0.440. The summed E-state index contributed by atoms with van der Waals surface area (Å²) in [7, 11) is -1.75. The van der Waals surface area contributed by atoms with Crippen molar-refractivity contribution in [1.29, 1.82) is 0 Å². The van der Waals surface area contributed by atoms with Gasteiger partial charge in [-0.2, -0.15) is 0 Å². The molecule has 3 rings (SSSR count). The molecule has 1 aromatic heterocycles. The Hall–Kier alpha value is -2.46. The lowest BCUT2D eigenvalue weighted by Gasteiger charge is -2.21. The van der Waals surface area contributed by atoms with E-state index in [1.165, 1.54) is 7.11 Å². The molecule has 1 aliphatic heterocycles. The first-order valence-electron chi connectivity index (χ1n) is 8.15. The zero-order chi connectivity index (χ0) is 18.7. The molecule has 0 bridgehead atoms. The Balaban J connectivity index is 1.59. The van der Waals surface area contributed by atoms with Crippen LogP contribution in [-0.4, -0.2) is 60.2 Å². The Kier molecular flexibility index (Phi) is 5.23. The summed E-state index contributed by atoms with van der Waals surface area (Å²) in [6, 6.07) is 6.31. The molecule has 26 heavy (non-hydrogen) atoms. The first kappa shape index (κ1) is 18.3. The lowest BCUT2D eigenvalue weighted by molar-refractivity contribution is 0.101. The Morgan fingerprint density at radius 1 is 1.31 bits per heavy atom. The van der Waals surface area contributed by atoms with Crippen molar-refractivity contribution in [2.75, 3.05) is 18.6 Å². The van der Waals surface area contributed by atoms with Gasteiger partial charge in [0.15, 0.2) is 9.84 Å². The highest BCUT2D eigenvalue weighted by molar-refractivity contribution is 7.91. The molecule has 0 saturated carbocycles. The first-order chi connectivity index (χ1) is 12.4. The molecule has 2 heterocycles. The molecule has 0 aliphatic carbocycles. The number of nitrogens with one attached hydrogen (secondary N) is 2. The average Bonchev–Trinajstić information content (AvgIpc) is 3.22. The standard InChI is InChI=1S/C16H21N5O4S/c1-11(12-3-5-13(6-4-12)21-8-7-17-20-21)18-16(22)19-14-9-26(23,24)10-15(14)25-2/h3-8,11,14-15H,9-10H2,1-2H3,(H2,18,19,22). The van der Waals surface area contributed by atoms with Crippen LogP contribution < -0.4 is 10.6 Å². The van der Waals surface area contributed by atoms with Gasteiger partial charge in [0, 0.05) is 7.11 Å². The highest BCUT2D eigenvalue weighted by Gasteiger charge is 2.38. The third-order valence-electron chi connectivity index (χ3n) is 4.35. The summed E-state index contributed by atoms with van der Waals surface area (Å²) < 4.78 is 30.2. The van der Waals surface area contributed by atoms with Gasteiger partial charge in [-0.05, 0) is 24.6 Å². The van der Waals surface area contributed by atoms with Crippen LogP contribution in [0.3, 0.4) is 0 Å². The third kappa shape index (κ3) is 4.20. The van der Waals surface area contributed by atoms with Gasteiger partial charge in [0.2, 0.25) is 0 Å². The Morgan fingerprint density at radius 3 is 2.65 bits per heavy atom. The number of urea groups is 1. The van der Waals surface area contributed by atoms with E-state index in [9.17, 15) is 13.2 Å². The predicted molar refractivity (Wildman–Crippen MR) is 94.7 cm³/mol. The van der Waals surface area contributed by atoms with E-state index < -0.39 is 28.0 Å². The summed E-state index contributed by atoms with van der Waals surface area (Å²) in [5.41, 5.74) is 1.77. The smallest absolute Gasteiger partial charge is 0.315 e. The zero-order valence-electron chi connectivity index (χ0n) is 14.5. The molecule has 1 fully saturated rings. The minimum atomic E-state index is -3.19. The van der Waals surface area contributed by atoms with Crippen LogP contribution in [0.5, 0.6) is 0 Å². The molecule has 1 aromatic carbocycles. The number of carbonyl (C=O) groups excluding carboxylic acids is 1. The molecule has 3 unspecified atom stereocenters. The number of amides is 2. The molecule has 10 heteroatoms. The molecule has 0 spiro atoms. The molecule has 2 N–H and O–H groups in total. The monoisotopic (exact) mass is 379 g/mol. The van der Waals surface area contributed by atoms with Gasteiger partial charge in [0.05, 0.1) is 47.8 Å². The van der Waals surface area contributed by atoms with Gasteiger partial charge < -0.3 is 15.4 Å². The second-order valence-corrected chi connectivity index (χ2v) is 8.39. The van der Waals surface area contributed by atoms with Crippen LogP contribution in [0.4, 0.5) is 4.79 Å². The van der Waals surface area contributed by atoms with Gasteiger partial charge in [-0.15, -0.1) is 5.10 Å². The van der Waals surface area contributed by atoms with E-state index in [2.05, 4.69) is 20.9 Å². The maximum absolute atomic E-state index is 12.2. The fourth-order valence-corrected chi connectivity index (χ4v) is 4.78. The van der Waals surface area contributed by atoms with Crippen molar-refractivity contribution in [2.24, 2.45) is 0 Å². The Morgan fingerprint density at radius 2 is 2.04 bits per heavy atom. The summed E-state index contributed by atoms with van der Waals surface area (Å²) in [6.45, 7) is 1.85. The van der Waals surface area contributed by atoms with Gasteiger partial charge >= 0.3 is 6.03 Å². The van der Waals surface area contributed by atoms with Gasteiger partial charge in [-0.1, -0.05) is 17.3 Å². The molecule has 1 aliphatic rings. The van der Waals surface area contributed by atoms with Gasteiger partial charge in [0.25, 0.3) is 0 Å². The van der Waals surface area contributed by atoms with E-state index in [1.807, 2.05) is 31.2 Å². The summed E-state index contributed by atoms with van der Waals surface area (Å²) in [6.07, 6.45) is 2.81. The normalized spacial score (nSPS) is 22.7. The lowest BCUT2D eigenvalue weighted by Crippen LogP contribution is -2.48. The van der Waals surface area contributed by atoms with E-state index in [0.717, 1.165) is 11.3 Å². The van der Waals surface area contributed by atoms with Gasteiger partial charge in [0.1, 0.15) is 0 Å². The van der Waals surface area contributed by atoms with Gasteiger partial charge in [-0.3, -0.25) is 0 Å². The van der Waals surface area contributed by atoms with Crippen molar-refractivity contribution in [3.8, 4) is 5.69 Å². The first-order valence-corrected chi connectivity index (χ1v) is 9.97. The Labute approximate surface area is 151 Å². The summed E-state index contributed by atoms with van der Waals surface area (Å²) >= 11 is 0. The number of benzene rings is 1. The minimum Gasteiger partial charge on any atom is -0.378 e. The lowest BCUT2D eigenvalue weighted by atomic mass is 10.1. The number of nitrogens with zero attached hydrogens (tertiary/aromatic N) is 3. The largest absolute Gasteiger partial charge is 0.378 e. The SMILES string of the molecule is COC1CS(=O)(=O)CC1NC(=O)NC(C)c1ccc(-n2ccnn2)cc1. The van der Waals surface area contributed by atoms with Crippen molar-refractivity contribution in [2.45, 2.75) is 25.1 Å². The van der Waals surface area contributed by atoms with E-state index in [-0.39, 0.29) is 17.5 Å². The number of rotatable bonds is 5. The quantitative estimate of drug-likeness (QED) is 0.779. The second kappa shape index (κ2) is 7.42. The van der Waals surface area contributed by atoms with Crippen LogP contribution in [-0.2, 0) is 14.6 Å². The maximum Gasteiger partial charge on any atom is 0.315 e. The molecular weight excluding hydrogens is 358 g/mol. The highest BCUT2D eigenvalue weighted by Crippen LogP contribution is 2.17. The van der Waals surface area contributed by atoms with Gasteiger partial charge in [-0.25, -0.2) is 17.9 Å². The van der Waals surface area contributed by atoms with Crippen LogP contribution >= 0.6 is 0 Å². The van der Waals surface area contributed by atoms with Crippen molar-refractivity contribution in [1.82, 2.24) is 25.6 Å². The fourth-order valence-electron chi connectivity index (χ4n) is 2.93. The zero-order valence-corrected chi connectivity index (χ0v) is 15.3. The van der Waals surface area contributed by atoms with Crippen LogP contribution in [0.15, 0.2) is 36.7 Å². The number of hydrogen-bond acceptors (Lipinski definition) is 6. The molecule has 3 atom stereocenters. The van der Waals surface area contributed by atoms with E-state index in [1.54, 1.807) is 17.1 Å². The van der Waals surface area contributed by atoms with Crippen molar-refractivity contribution >= 4 is 15.9 Å². The maximum atomic E-state index is 12.2. The molecule has 2 aromatic rings. The summed E-state index contributed by atoms with van der Waals surface area (Å²) in [5, 5.41) is 13.2. The number of hydrogen-bond donors (Lipinski definition) is 2. The molecule has 0 radical (unpaired) electrons. The summed E-state index contributed by atoms with van der Waals surface area (Å²) in [4.78, 5) is 12.2. The molecule has 9 nitrogen and oxygen atoms in total. The third-order valence-corrected chi connectivity index (χ3v) is 6.05. The fraction of sp³-hybridized carbons (Fsp3) is 0.438.